The third-order valence-electron chi connectivity index (χ3n) is 3.78. The van der Waals surface area contributed by atoms with Gasteiger partial charge < -0.3 is 15.0 Å². The van der Waals surface area contributed by atoms with Crippen LogP contribution in [0.3, 0.4) is 0 Å². The third-order valence-corrected chi connectivity index (χ3v) is 3.78. The van der Waals surface area contributed by atoms with Gasteiger partial charge >= 0.3 is 0 Å². The van der Waals surface area contributed by atoms with Crippen LogP contribution in [-0.2, 0) is 11.2 Å². The maximum Gasteiger partial charge on any atom is 0.224 e. The minimum atomic E-state index is -0.479. The second kappa shape index (κ2) is 6.70. The van der Waals surface area contributed by atoms with Gasteiger partial charge in [0.2, 0.25) is 5.91 Å². The molecule has 0 spiro atoms. The van der Waals surface area contributed by atoms with E-state index in [1.54, 1.807) is 6.07 Å². The Balaban J connectivity index is 1.66. The van der Waals surface area contributed by atoms with Gasteiger partial charge in [-0.15, -0.1) is 0 Å². The molecule has 0 aliphatic rings. The third kappa shape index (κ3) is 3.37. The van der Waals surface area contributed by atoms with Crippen molar-refractivity contribution in [2.75, 3.05) is 7.11 Å². The van der Waals surface area contributed by atoms with Crippen molar-refractivity contribution in [1.82, 2.24) is 15.3 Å². The van der Waals surface area contributed by atoms with Gasteiger partial charge in [-0.2, -0.15) is 0 Å². The second-order valence-electron chi connectivity index (χ2n) is 5.57. The molecule has 24 heavy (non-hydrogen) atoms. The standard InChI is InChI=1S/C18H18FN3O2/c1-11(18-21-14-5-3-4-6-15(14)22-18)20-17(23)10-12-7-8-16(24-2)13(19)9-12/h3-9,11H,10H2,1-2H3,(H,20,23)(H,21,22)/t11-/m0/s1. The van der Waals surface area contributed by atoms with Crippen LogP contribution in [0.1, 0.15) is 24.4 Å². The van der Waals surface area contributed by atoms with Gasteiger partial charge in [-0.3, -0.25) is 4.79 Å². The Kier molecular flexibility index (Phi) is 4.46. The van der Waals surface area contributed by atoms with E-state index < -0.39 is 5.82 Å². The normalized spacial score (nSPS) is 12.1. The molecule has 1 heterocycles. The zero-order chi connectivity index (χ0) is 17.1. The Morgan fingerprint density at radius 3 is 2.83 bits per heavy atom. The Bertz CT molecular complexity index is 843. The van der Waals surface area contributed by atoms with Gasteiger partial charge in [-0.1, -0.05) is 18.2 Å². The predicted molar refractivity (Wildman–Crippen MR) is 89.3 cm³/mol. The molecule has 0 bridgehead atoms. The van der Waals surface area contributed by atoms with Crippen LogP contribution in [0.4, 0.5) is 4.39 Å². The van der Waals surface area contributed by atoms with Gasteiger partial charge in [0.05, 0.1) is 30.6 Å². The molecule has 3 rings (SSSR count). The number of aromatic nitrogens is 2. The Morgan fingerprint density at radius 1 is 1.33 bits per heavy atom. The topological polar surface area (TPSA) is 67.0 Å². The zero-order valence-electron chi connectivity index (χ0n) is 13.5. The summed E-state index contributed by atoms with van der Waals surface area (Å²) in [5.74, 6) is 0.168. The number of nitrogens with zero attached hydrogens (tertiary/aromatic N) is 1. The summed E-state index contributed by atoms with van der Waals surface area (Å²) in [5.41, 5.74) is 2.36. The summed E-state index contributed by atoms with van der Waals surface area (Å²) in [6.45, 7) is 1.85. The van der Waals surface area contributed by atoms with E-state index >= 15 is 0 Å². The molecule has 0 saturated carbocycles. The first kappa shape index (κ1) is 16.0. The van der Waals surface area contributed by atoms with E-state index in [2.05, 4.69) is 15.3 Å². The minimum Gasteiger partial charge on any atom is -0.494 e. The number of nitrogens with one attached hydrogen (secondary N) is 2. The zero-order valence-corrected chi connectivity index (χ0v) is 13.5. The summed E-state index contributed by atoms with van der Waals surface area (Å²) in [7, 11) is 1.40. The molecule has 124 valence electrons. The fourth-order valence-electron chi connectivity index (χ4n) is 2.54. The number of hydrogen-bond donors (Lipinski definition) is 2. The molecule has 6 heteroatoms. The molecule has 1 amide bonds. The van der Waals surface area contributed by atoms with Crippen LogP contribution in [-0.4, -0.2) is 23.0 Å². The van der Waals surface area contributed by atoms with Crippen molar-refractivity contribution in [3.63, 3.8) is 0 Å². The minimum absolute atomic E-state index is 0.0888. The molecular formula is C18H18FN3O2. The lowest BCUT2D eigenvalue weighted by Crippen LogP contribution is -2.28. The summed E-state index contributed by atoms with van der Waals surface area (Å²) < 4.78 is 18.5. The number of halogens is 1. The highest BCUT2D eigenvalue weighted by atomic mass is 19.1. The number of fused-ring (bicyclic) bond motifs is 1. The van der Waals surface area contributed by atoms with Crippen LogP contribution in [0.5, 0.6) is 5.75 Å². The summed E-state index contributed by atoms with van der Waals surface area (Å²) >= 11 is 0. The predicted octanol–water partition coefficient (Wildman–Crippen LogP) is 3.13. The van der Waals surface area contributed by atoms with Gasteiger partial charge in [-0.05, 0) is 36.8 Å². The number of carbonyl (C=O) groups excluding carboxylic acids is 1. The second-order valence-corrected chi connectivity index (χ2v) is 5.57. The van der Waals surface area contributed by atoms with Gasteiger partial charge in [0, 0.05) is 0 Å². The number of aromatic amines is 1. The molecular weight excluding hydrogens is 309 g/mol. The number of rotatable bonds is 5. The van der Waals surface area contributed by atoms with E-state index in [9.17, 15) is 9.18 Å². The van der Waals surface area contributed by atoms with Crippen molar-refractivity contribution in [3.05, 3.63) is 59.7 Å². The van der Waals surface area contributed by atoms with E-state index in [1.165, 1.54) is 19.2 Å². The number of carbonyl (C=O) groups is 1. The first-order valence-electron chi connectivity index (χ1n) is 7.63. The monoisotopic (exact) mass is 327 g/mol. The number of benzene rings is 2. The fourth-order valence-corrected chi connectivity index (χ4v) is 2.54. The molecule has 2 N–H and O–H groups in total. The van der Waals surface area contributed by atoms with E-state index in [0.29, 0.717) is 11.4 Å². The average Bonchev–Trinajstić information content (AvgIpc) is 2.99. The average molecular weight is 327 g/mol. The highest BCUT2D eigenvalue weighted by Gasteiger charge is 2.14. The SMILES string of the molecule is COc1ccc(CC(=O)N[C@@H](C)c2nc3ccccc3[nH]2)cc1F. The first-order chi connectivity index (χ1) is 11.6. The number of methoxy groups -OCH3 is 1. The highest BCUT2D eigenvalue weighted by Crippen LogP contribution is 2.19. The summed E-state index contributed by atoms with van der Waals surface area (Å²) in [5, 5.41) is 2.87. The van der Waals surface area contributed by atoms with Crippen LogP contribution in [0.25, 0.3) is 11.0 Å². The lowest BCUT2D eigenvalue weighted by atomic mass is 10.1. The van der Waals surface area contributed by atoms with Gasteiger partial charge in [0.1, 0.15) is 5.82 Å². The highest BCUT2D eigenvalue weighted by molar-refractivity contribution is 5.79. The van der Waals surface area contributed by atoms with E-state index in [0.717, 1.165) is 11.0 Å². The summed E-state index contributed by atoms with van der Waals surface area (Å²) in [6.07, 6.45) is 0.0888. The quantitative estimate of drug-likeness (QED) is 0.756. The first-order valence-corrected chi connectivity index (χ1v) is 7.63. The smallest absolute Gasteiger partial charge is 0.224 e. The van der Waals surface area contributed by atoms with Crippen LogP contribution >= 0.6 is 0 Å². The number of H-pyrrole nitrogens is 1. The number of imidazole rings is 1. The Labute approximate surface area is 138 Å². The van der Waals surface area contributed by atoms with Crippen molar-refractivity contribution in [2.45, 2.75) is 19.4 Å². The van der Waals surface area contributed by atoms with Gasteiger partial charge in [0.25, 0.3) is 0 Å². The van der Waals surface area contributed by atoms with Crippen molar-refractivity contribution >= 4 is 16.9 Å². The number of hydrogen-bond acceptors (Lipinski definition) is 3. The lowest BCUT2D eigenvalue weighted by molar-refractivity contribution is -0.121. The van der Waals surface area contributed by atoms with E-state index in [1.807, 2.05) is 31.2 Å². The molecule has 0 unspecified atom stereocenters. The van der Waals surface area contributed by atoms with Crippen molar-refractivity contribution in [1.29, 1.82) is 0 Å². The molecule has 2 aromatic carbocycles. The maximum absolute atomic E-state index is 13.7. The van der Waals surface area contributed by atoms with E-state index in [4.69, 9.17) is 4.74 Å². The number of amides is 1. The molecule has 0 aliphatic carbocycles. The van der Waals surface area contributed by atoms with Gasteiger partial charge in [-0.25, -0.2) is 9.37 Å². The molecule has 0 saturated heterocycles. The largest absolute Gasteiger partial charge is 0.494 e. The lowest BCUT2D eigenvalue weighted by Gasteiger charge is -2.12. The van der Waals surface area contributed by atoms with Crippen LogP contribution in [0.15, 0.2) is 42.5 Å². The number of ether oxygens (including phenoxy) is 1. The fraction of sp³-hybridized carbons (Fsp3) is 0.222. The Morgan fingerprint density at radius 2 is 2.12 bits per heavy atom. The van der Waals surface area contributed by atoms with Crippen LogP contribution in [0, 0.1) is 5.82 Å². The van der Waals surface area contributed by atoms with Crippen LogP contribution in [0.2, 0.25) is 0 Å². The molecule has 3 aromatic rings. The van der Waals surface area contributed by atoms with E-state index in [-0.39, 0.29) is 24.1 Å². The van der Waals surface area contributed by atoms with Crippen molar-refractivity contribution in [2.24, 2.45) is 0 Å². The van der Waals surface area contributed by atoms with Crippen molar-refractivity contribution < 1.29 is 13.9 Å². The maximum atomic E-state index is 13.7. The van der Waals surface area contributed by atoms with Crippen LogP contribution < -0.4 is 10.1 Å². The number of para-hydroxylation sites is 2. The molecule has 5 nitrogen and oxygen atoms in total. The molecule has 1 atom stereocenters. The Hall–Kier alpha value is -2.89. The summed E-state index contributed by atoms with van der Waals surface area (Å²) in [6, 6.07) is 11.9. The molecule has 1 aromatic heterocycles. The molecule has 0 radical (unpaired) electrons. The molecule has 0 aliphatic heterocycles. The molecule has 0 fully saturated rings. The summed E-state index contributed by atoms with van der Waals surface area (Å²) in [4.78, 5) is 19.8. The van der Waals surface area contributed by atoms with Gasteiger partial charge in [0.15, 0.2) is 11.6 Å². The van der Waals surface area contributed by atoms with Crippen molar-refractivity contribution in [3.8, 4) is 5.75 Å².